The maximum atomic E-state index is 13.0. The smallest absolute Gasteiger partial charge is 0.269 e. The number of nitro benzene ring substituents is 1. The van der Waals surface area contributed by atoms with Crippen molar-refractivity contribution in [3.8, 4) is 0 Å². The number of non-ortho nitro benzene ring substituents is 1. The lowest BCUT2D eigenvalue weighted by Gasteiger charge is -2.32. The van der Waals surface area contributed by atoms with E-state index in [0.717, 1.165) is 55.0 Å². The summed E-state index contributed by atoms with van der Waals surface area (Å²) >= 11 is 0. The number of hydrogen-bond acceptors (Lipinski definition) is 5. The molecule has 1 aliphatic rings. The Hall–Kier alpha value is -3.58. The van der Waals surface area contributed by atoms with Crippen molar-refractivity contribution in [2.45, 2.75) is 45.7 Å². The lowest BCUT2D eigenvalue weighted by Crippen LogP contribution is -2.34. The number of aryl methyl sites for hydroxylation is 2. The summed E-state index contributed by atoms with van der Waals surface area (Å²) in [6, 6.07) is 18.7. The van der Waals surface area contributed by atoms with Crippen LogP contribution in [0.3, 0.4) is 0 Å². The number of piperidine rings is 1. The fourth-order valence-electron chi connectivity index (χ4n) is 4.53. The zero-order valence-electron chi connectivity index (χ0n) is 19.7. The lowest BCUT2D eigenvalue weighted by molar-refractivity contribution is -0.384. The molecule has 0 bridgehead atoms. The first kappa shape index (κ1) is 23.6. The Kier molecular flexibility index (Phi) is 7.33. The first-order valence-corrected chi connectivity index (χ1v) is 11.7. The summed E-state index contributed by atoms with van der Waals surface area (Å²) in [5, 5.41) is 13.9. The number of nitrogens with zero attached hydrogens (tertiary/aromatic N) is 3. The second kappa shape index (κ2) is 10.6. The van der Waals surface area contributed by atoms with E-state index in [9.17, 15) is 14.9 Å². The number of rotatable bonds is 7. The lowest BCUT2D eigenvalue weighted by atomic mass is 9.89. The second-order valence-electron chi connectivity index (χ2n) is 9.03. The molecular weight excluding hydrogens is 428 g/mol. The first-order chi connectivity index (χ1) is 16.4. The predicted octanol–water partition coefficient (Wildman–Crippen LogP) is 4.92. The standard InChI is InChI=1S/C27H30N4O3/c1-19-4-3-5-22(16-19)17-28-27(32)25-11-6-20(2)29-26(25)23-12-14-30(15-13-23)18-21-7-9-24(10-8-21)31(33)34/h3-11,16,23H,12-15,17-18H2,1-2H3,(H,28,32). The van der Waals surface area contributed by atoms with Crippen LogP contribution in [0.5, 0.6) is 0 Å². The molecule has 0 atom stereocenters. The number of aromatic nitrogens is 1. The highest BCUT2D eigenvalue weighted by Gasteiger charge is 2.26. The van der Waals surface area contributed by atoms with Gasteiger partial charge in [-0.15, -0.1) is 0 Å². The van der Waals surface area contributed by atoms with Gasteiger partial charge in [-0.05, 0) is 63.0 Å². The molecule has 0 spiro atoms. The van der Waals surface area contributed by atoms with Gasteiger partial charge in [-0.25, -0.2) is 0 Å². The van der Waals surface area contributed by atoms with Crippen molar-refractivity contribution in [1.82, 2.24) is 15.2 Å². The van der Waals surface area contributed by atoms with Crippen LogP contribution in [0.1, 0.15) is 57.2 Å². The van der Waals surface area contributed by atoms with Crippen LogP contribution in [-0.4, -0.2) is 33.8 Å². The maximum absolute atomic E-state index is 13.0. The number of carbonyl (C=O) groups excluding carboxylic acids is 1. The molecule has 0 radical (unpaired) electrons. The third-order valence-electron chi connectivity index (χ3n) is 6.37. The van der Waals surface area contributed by atoms with Gasteiger partial charge in [0.25, 0.3) is 11.6 Å². The normalized spacial score (nSPS) is 14.6. The molecule has 4 rings (SSSR count). The third kappa shape index (κ3) is 5.85. The molecular formula is C27H30N4O3. The molecule has 34 heavy (non-hydrogen) atoms. The molecule has 0 aliphatic carbocycles. The SMILES string of the molecule is Cc1cccc(CNC(=O)c2ccc(C)nc2C2CCN(Cc3ccc([N+](=O)[O-])cc3)CC2)c1. The average Bonchev–Trinajstić information content (AvgIpc) is 2.83. The molecule has 7 nitrogen and oxygen atoms in total. The minimum absolute atomic E-state index is 0.0858. The van der Waals surface area contributed by atoms with Gasteiger partial charge >= 0.3 is 0 Å². The van der Waals surface area contributed by atoms with E-state index in [-0.39, 0.29) is 22.4 Å². The van der Waals surface area contributed by atoms with Crippen molar-refractivity contribution in [2.75, 3.05) is 13.1 Å². The van der Waals surface area contributed by atoms with E-state index >= 15 is 0 Å². The Morgan fingerprint density at radius 1 is 1.06 bits per heavy atom. The van der Waals surface area contributed by atoms with Gasteiger partial charge in [0.05, 0.1) is 16.2 Å². The van der Waals surface area contributed by atoms with Crippen molar-refractivity contribution in [2.24, 2.45) is 0 Å². The summed E-state index contributed by atoms with van der Waals surface area (Å²) in [6.45, 7) is 7.03. The van der Waals surface area contributed by atoms with Gasteiger partial charge in [-0.2, -0.15) is 0 Å². The Morgan fingerprint density at radius 3 is 2.47 bits per heavy atom. The van der Waals surface area contributed by atoms with E-state index in [4.69, 9.17) is 4.98 Å². The van der Waals surface area contributed by atoms with E-state index < -0.39 is 0 Å². The molecule has 2 heterocycles. The van der Waals surface area contributed by atoms with Gasteiger partial charge in [0.2, 0.25) is 0 Å². The molecule has 1 amide bonds. The summed E-state index contributed by atoms with van der Waals surface area (Å²) < 4.78 is 0. The van der Waals surface area contributed by atoms with Crippen LogP contribution in [0.25, 0.3) is 0 Å². The van der Waals surface area contributed by atoms with E-state index in [1.807, 2.05) is 56.3 Å². The Bertz CT molecular complexity index is 1170. The Morgan fingerprint density at radius 2 is 1.79 bits per heavy atom. The van der Waals surface area contributed by atoms with Crippen LogP contribution in [-0.2, 0) is 13.1 Å². The van der Waals surface area contributed by atoms with E-state index in [0.29, 0.717) is 12.1 Å². The molecule has 3 aromatic rings. The maximum Gasteiger partial charge on any atom is 0.269 e. The average molecular weight is 459 g/mol. The van der Waals surface area contributed by atoms with Gasteiger partial charge in [-0.1, -0.05) is 42.0 Å². The molecule has 7 heteroatoms. The number of pyridine rings is 1. The van der Waals surface area contributed by atoms with Crippen LogP contribution in [0.2, 0.25) is 0 Å². The van der Waals surface area contributed by atoms with Crippen LogP contribution in [0.4, 0.5) is 5.69 Å². The van der Waals surface area contributed by atoms with Crippen LogP contribution >= 0.6 is 0 Å². The Balaban J connectivity index is 1.39. The molecule has 1 saturated heterocycles. The van der Waals surface area contributed by atoms with Crippen molar-refractivity contribution in [1.29, 1.82) is 0 Å². The van der Waals surface area contributed by atoms with Gasteiger partial charge in [-0.3, -0.25) is 24.8 Å². The van der Waals surface area contributed by atoms with Gasteiger partial charge in [0, 0.05) is 36.8 Å². The number of likely N-dealkylation sites (tertiary alicyclic amines) is 1. The van der Waals surface area contributed by atoms with E-state index in [2.05, 4.69) is 16.3 Å². The fourth-order valence-corrected chi connectivity index (χ4v) is 4.53. The van der Waals surface area contributed by atoms with Gasteiger partial charge in [0.1, 0.15) is 0 Å². The molecule has 2 aromatic carbocycles. The number of amides is 1. The molecule has 1 fully saturated rings. The third-order valence-corrected chi connectivity index (χ3v) is 6.37. The number of hydrogen-bond donors (Lipinski definition) is 1. The Labute approximate surface area is 200 Å². The number of nitrogens with one attached hydrogen (secondary N) is 1. The largest absolute Gasteiger partial charge is 0.348 e. The summed E-state index contributed by atoms with van der Waals surface area (Å²) in [5.41, 5.74) is 5.89. The zero-order valence-corrected chi connectivity index (χ0v) is 19.7. The van der Waals surface area contributed by atoms with Crippen molar-refractivity contribution in [3.05, 3.63) is 104 Å². The first-order valence-electron chi connectivity index (χ1n) is 11.7. The van der Waals surface area contributed by atoms with Gasteiger partial charge < -0.3 is 5.32 Å². The number of benzene rings is 2. The highest BCUT2D eigenvalue weighted by molar-refractivity contribution is 5.95. The second-order valence-corrected chi connectivity index (χ2v) is 9.03. The zero-order chi connectivity index (χ0) is 24.1. The van der Waals surface area contributed by atoms with E-state index in [1.165, 1.54) is 5.56 Å². The van der Waals surface area contributed by atoms with Crippen LogP contribution in [0, 0.1) is 24.0 Å². The highest BCUT2D eigenvalue weighted by atomic mass is 16.6. The molecule has 1 aliphatic heterocycles. The molecule has 176 valence electrons. The molecule has 1 N–H and O–H groups in total. The minimum Gasteiger partial charge on any atom is -0.348 e. The summed E-state index contributed by atoms with van der Waals surface area (Å²) in [7, 11) is 0. The predicted molar refractivity (Wildman–Crippen MR) is 132 cm³/mol. The minimum atomic E-state index is -0.376. The summed E-state index contributed by atoms with van der Waals surface area (Å²) in [5.74, 6) is 0.144. The van der Waals surface area contributed by atoms with Crippen LogP contribution in [0.15, 0.2) is 60.7 Å². The topological polar surface area (TPSA) is 88.4 Å². The van der Waals surface area contributed by atoms with E-state index in [1.54, 1.807) is 12.1 Å². The van der Waals surface area contributed by atoms with Gasteiger partial charge in [0.15, 0.2) is 0 Å². The number of carbonyl (C=O) groups is 1. The summed E-state index contributed by atoms with van der Waals surface area (Å²) in [4.78, 5) is 30.7. The van der Waals surface area contributed by atoms with Crippen molar-refractivity contribution >= 4 is 11.6 Å². The molecule has 0 saturated carbocycles. The monoisotopic (exact) mass is 458 g/mol. The molecule has 0 unspecified atom stereocenters. The quantitative estimate of drug-likeness (QED) is 0.401. The summed E-state index contributed by atoms with van der Waals surface area (Å²) in [6.07, 6.45) is 1.84. The molecule has 1 aromatic heterocycles. The van der Waals surface area contributed by atoms with Crippen molar-refractivity contribution in [3.63, 3.8) is 0 Å². The number of nitro groups is 1. The van der Waals surface area contributed by atoms with Crippen molar-refractivity contribution < 1.29 is 9.72 Å². The van der Waals surface area contributed by atoms with Crippen LogP contribution < -0.4 is 5.32 Å². The highest BCUT2D eigenvalue weighted by Crippen LogP contribution is 2.30. The fraction of sp³-hybridized carbons (Fsp3) is 0.333.